The van der Waals surface area contributed by atoms with Gasteiger partial charge in [0.1, 0.15) is 5.56 Å². The maximum Gasteiger partial charge on any atom is 0.220 e. The number of aromatic hydroxyl groups is 1. The normalized spacial score (nSPS) is 11.6. The zero-order valence-corrected chi connectivity index (χ0v) is 18.0. The van der Waals surface area contributed by atoms with Crippen molar-refractivity contribution < 1.29 is 18.3 Å². The highest BCUT2D eigenvalue weighted by Crippen LogP contribution is 2.35. The van der Waals surface area contributed by atoms with E-state index in [2.05, 4.69) is 5.10 Å². The van der Waals surface area contributed by atoms with Crippen LogP contribution in [0.25, 0.3) is 11.1 Å². The first-order valence-electron chi connectivity index (χ1n) is 9.26. The molecule has 0 fully saturated rings. The van der Waals surface area contributed by atoms with Gasteiger partial charge in [-0.1, -0.05) is 29.3 Å². The monoisotopic (exact) mass is 412 g/mol. The van der Waals surface area contributed by atoms with E-state index in [1.807, 2.05) is 39.0 Å². The van der Waals surface area contributed by atoms with Gasteiger partial charge in [0.15, 0.2) is 15.6 Å². The van der Waals surface area contributed by atoms with E-state index in [0.29, 0.717) is 23.2 Å². The Morgan fingerprint density at radius 3 is 2.21 bits per heavy atom. The van der Waals surface area contributed by atoms with E-state index in [9.17, 15) is 18.3 Å². The smallest absolute Gasteiger partial charge is 0.220 e. The predicted molar refractivity (Wildman–Crippen MR) is 112 cm³/mol. The van der Waals surface area contributed by atoms with E-state index in [-0.39, 0.29) is 16.3 Å². The summed E-state index contributed by atoms with van der Waals surface area (Å²) in [4.78, 5) is 13.3. The number of sulfone groups is 1. The Labute approximate surface area is 170 Å². The van der Waals surface area contributed by atoms with Gasteiger partial charge in [-0.2, -0.15) is 5.10 Å². The minimum atomic E-state index is -3.52. The second-order valence-corrected chi connectivity index (χ2v) is 9.27. The van der Waals surface area contributed by atoms with Gasteiger partial charge in [-0.15, -0.1) is 0 Å². The van der Waals surface area contributed by atoms with Crippen molar-refractivity contribution in [3.8, 4) is 17.0 Å². The van der Waals surface area contributed by atoms with Crippen LogP contribution in [0.1, 0.15) is 39.5 Å². The first kappa shape index (κ1) is 20.8. The average molecular weight is 413 g/mol. The third kappa shape index (κ3) is 3.82. The molecule has 0 saturated carbocycles. The molecule has 152 valence electrons. The molecule has 3 aromatic rings. The minimum absolute atomic E-state index is 0.0911. The number of hydrogen-bond acceptors (Lipinski definition) is 5. The molecular formula is C22H24N2O4S. The molecule has 6 nitrogen and oxygen atoms in total. The zero-order chi connectivity index (χ0) is 21.5. The molecule has 0 spiro atoms. The van der Waals surface area contributed by atoms with Gasteiger partial charge in [0.2, 0.25) is 5.88 Å². The molecule has 0 saturated heterocycles. The minimum Gasteiger partial charge on any atom is -0.493 e. The van der Waals surface area contributed by atoms with Gasteiger partial charge in [0.25, 0.3) is 0 Å². The zero-order valence-electron chi connectivity index (χ0n) is 17.1. The lowest BCUT2D eigenvalue weighted by atomic mass is 9.91. The molecule has 0 unspecified atom stereocenters. The molecule has 0 atom stereocenters. The predicted octanol–water partition coefficient (Wildman–Crippen LogP) is 3.84. The fraction of sp³-hybridized carbons (Fsp3) is 0.273. The number of hydrogen-bond donors (Lipinski definition) is 1. The number of aromatic nitrogens is 2. The first-order valence-corrected chi connectivity index (χ1v) is 11.2. The lowest BCUT2D eigenvalue weighted by Crippen LogP contribution is -2.09. The topological polar surface area (TPSA) is 89.3 Å². The quantitative estimate of drug-likeness (QED) is 0.643. The van der Waals surface area contributed by atoms with Crippen molar-refractivity contribution in [2.24, 2.45) is 0 Å². The fourth-order valence-electron chi connectivity index (χ4n) is 3.64. The summed E-state index contributed by atoms with van der Waals surface area (Å²) in [5, 5.41) is 14.3. The molecule has 0 aliphatic carbocycles. The van der Waals surface area contributed by atoms with Gasteiger partial charge in [0, 0.05) is 23.9 Å². The SMILES string of the molecule is CCn1ncc(C(=O)c2ccc(S(C)(=O)=O)c(-c3cc(C)cc(C)c3)c2C)c1O. The largest absolute Gasteiger partial charge is 0.493 e. The van der Waals surface area contributed by atoms with E-state index < -0.39 is 15.6 Å². The summed E-state index contributed by atoms with van der Waals surface area (Å²) in [6.45, 7) is 7.86. The van der Waals surface area contributed by atoms with Crippen LogP contribution >= 0.6 is 0 Å². The van der Waals surface area contributed by atoms with E-state index in [4.69, 9.17) is 0 Å². The molecule has 29 heavy (non-hydrogen) atoms. The summed E-state index contributed by atoms with van der Waals surface area (Å²) in [6, 6.07) is 8.79. The molecule has 1 N–H and O–H groups in total. The van der Waals surface area contributed by atoms with E-state index >= 15 is 0 Å². The molecule has 0 amide bonds. The highest BCUT2D eigenvalue weighted by atomic mass is 32.2. The summed E-state index contributed by atoms with van der Waals surface area (Å²) < 4.78 is 26.2. The van der Waals surface area contributed by atoms with E-state index in [0.717, 1.165) is 22.9 Å². The second-order valence-electron chi connectivity index (χ2n) is 7.29. The van der Waals surface area contributed by atoms with Crippen LogP contribution in [0.2, 0.25) is 0 Å². The van der Waals surface area contributed by atoms with Crippen LogP contribution in [-0.4, -0.2) is 35.3 Å². The molecule has 0 aliphatic heterocycles. The van der Waals surface area contributed by atoms with Gasteiger partial charge in [-0.3, -0.25) is 4.79 Å². The Hall–Kier alpha value is -2.93. The molecule has 1 heterocycles. The molecule has 1 aromatic heterocycles. The van der Waals surface area contributed by atoms with Gasteiger partial charge in [0.05, 0.1) is 11.1 Å². The Morgan fingerprint density at radius 2 is 1.69 bits per heavy atom. The third-order valence-corrected chi connectivity index (χ3v) is 6.08. The Kier molecular flexibility index (Phi) is 5.36. The van der Waals surface area contributed by atoms with Gasteiger partial charge in [-0.05, 0) is 51.0 Å². The van der Waals surface area contributed by atoms with Crippen molar-refractivity contribution in [1.29, 1.82) is 0 Å². The number of aryl methyl sites for hydroxylation is 3. The van der Waals surface area contributed by atoms with Crippen LogP contribution in [0.3, 0.4) is 0 Å². The van der Waals surface area contributed by atoms with E-state index in [1.165, 1.54) is 23.0 Å². The number of carbonyl (C=O) groups excluding carboxylic acids is 1. The molecular weight excluding hydrogens is 388 g/mol. The van der Waals surface area contributed by atoms with Gasteiger partial charge in [-0.25, -0.2) is 13.1 Å². The average Bonchev–Trinajstić information content (AvgIpc) is 2.99. The van der Waals surface area contributed by atoms with Crippen molar-refractivity contribution in [3.63, 3.8) is 0 Å². The van der Waals surface area contributed by atoms with Crippen LogP contribution in [0.15, 0.2) is 41.4 Å². The highest BCUT2D eigenvalue weighted by Gasteiger charge is 2.25. The van der Waals surface area contributed by atoms with E-state index in [1.54, 1.807) is 6.92 Å². The van der Waals surface area contributed by atoms with Crippen LogP contribution in [0.5, 0.6) is 5.88 Å². The number of benzene rings is 2. The third-order valence-electron chi connectivity index (χ3n) is 4.94. The maximum atomic E-state index is 13.1. The summed E-state index contributed by atoms with van der Waals surface area (Å²) in [7, 11) is -3.52. The number of nitrogens with zero attached hydrogens (tertiary/aromatic N) is 2. The Bertz CT molecular complexity index is 1200. The van der Waals surface area contributed by atoms with Gasteiger partial charge >= 0.3 is 0 Å². The van der Waals surface area contributed by atoms with Crippen LogP contribution in [-0.2, 0) is 16.4 Å². The van der Waals surface area contributed by atoms with Crippen molar-refractivity contribution >= 4 is 15.6 Å². The number of ketones is 1. The summed E-state index contributed by atoms with van der Waals surface area (Å²) in [5.74, 6) is -0.595. The van der Waals surface area contributed by atoms with Crippen LogP contribution in [0.4, 0.5) is 0 Å². The van der Waals surface area contributed by atoms with Crippen LogP contribution in [0, 0.1) is 20.8 Å². The standard InChI is InChI=1S/C22H24N2O4S/c1-6-24-22(26)18(12-23-24)21(25)17-7-8-19(29(5,27)28)20(15(17)4)16-10-13(2)9-14(3)11-16/h7-12,26H,6H2,1-5H3. The fourth-order valence-corrected chi connectivity index (χ4v) is 4.59. The lowest BCUT2D eigenvalue weighted by Gasteiger charge is -2.16. The highest BCUT2D eigenvalue weighted by molar-refractivity contribution is 7.90. The van der Waals surface area contributed by atoms with Crippen molar-refractivity contribution in [3.05, 3.63) is 64.3 Å². The van der Waals surface area contributed by atoms with Crippen molar-refractivity contribution in [2.45, 2.75) is 39.1 Å². The lowest BCUT2D eigenvalue weighted by molar-refractivity contribution is 0.103. The Morgan fingerprint density at radius 1 is 1.07 bits per heavy atom. The Balaban J connectivity index is 2.29. The van der Waals surface area contributed by atoms with Crippen molar-refractivity contribution in [2.75, 3.05) is 6.26 Å². The summed E-state index contributed by atoms with van der Waals surface area (Å²) in [6.07, 6.45) is 2.49. The molecule has 7 heteroatoms. The second kappa shape index (κ2) is 7.48. The molecule has 0 radical (unpaired) electrons. The first-order chi connectivity index (χ1) is 13.5. The molecule has 2 aromatic carbocycles. The number of rotatable bonds is 5. The molecule has 0 bridgehead atoms. The number of carbonyl (C=O) groups is 1. The summed E-state index contributed by atoms with van der Waals surface area (Å²) in [5.41, 5.74) is 4.21. The maximum absolute atomic E-state index is 13.1. The molecule has 0 aliphatic rings. The van der Waals surface area contributed by atoms with Gasteiger partial charge < -0.3 is 5.11 Å². The molecule has 3 rings (SSSR count). The van der Waals surface area contributed by atoms with Crippen molar-refractivity contribution in [1.82, 2.24) is 9.78 Å². The summed E-state index contributed by atoms with van der Waals surface area (Å²) >= 11 is 0. The van der Waals surface area contributed by atoms with Crippen LogP contribution < -0.4 is 0 Å².